The lowest BCUT2D eigenvalue weighted by Gasteiger charge is -2.28. The zero-order valence-electron chi connectivity index (χ0n) is 20.1. The first-order valence-electron chi connectivity index (χ1n) is 12.0. The molecule has 0 bridgehead atoms. The molecule has 1 aliphatic carbocycles. The summed E-state index contributed by atoms with van der Waals surface area (Å²) in [4.78, 5) is 37.3. The van der Waals surface area contributed by atoms with E-state index in [0.29, 0.717) is 25.7 Å². The summed E-state index contributed by atoms with van der Waals surface area (Å²) in [5.74, 6) is -1.70. The molecule has 2 aromatic rings. The Labute approximate surface area is 200 Å². The third-order valence-corrected chi connectivity index (χ3v) is 6.42. The molecule has 0 aliphatic heterocycles. The summed E-state index contributed by atoms with van der Waals surface area (Å²) < 4.78 is 5.58. The number of carboxylic acid groups (broad SMARTS) is 1. The summed E-state index contributed by atoms with van der Waals surface area (Å²) >= 11 is 0. The number of carboxylic acids is 1. The van der Waals surface area contributed by atoms with Crippen LogP contribution in [0.3, 0.4) is 0 Å². The molecule has 182 valence electrons. The molecule has 2 amide bonds. The van der Waals surface area contributed by atoms with Gasteiger partial charge in [-0.1, -0.05) is 81.6 Å². The van der Waals surface area contributed by atoms with Gasteiger partial charge in [0.1, 0.15) is 18.2 Å². The van der Waals surface area contributed by atoms with Crippen LogP contribution in [-0.2, 0) is 14.3 Å². The molecule has 7 nitrogen and oxygen atoms in total. The van der Waals surface area contributed by atoms with Gasteiger partial charge < -0.3 is 20.5 Å². The fraction of sp³-hybridized carbons (Fsp3) is 0.444. The number of hydrogen-bond acceptors (Lipinski definition) is 4. The maximum atomic E-state index is 12.9. The molecule has 2 atom stereocenters. The molecule has 0 radical (unpaired) electrons. The predicted molar refractivity (Wildman–Crippen MR) is 131 cm³/mol. The van der Waals surface area contributed by atoms with Crippen LogP contribution in [0.5, 0.6) is 0 Å². The van der Waals surface area contributed by atoms with E-state index in [0.717, 1.165) is 28.7 Å². The monoisotopic (exact) mass is 466 g/mol. The molecule has 2 unspecified atom stereocenters. The standard InChI is InChI=1S/C27H34N2O5/c1-4-6-15-23(24(30)29-27(3,16-5-2)25(31)32)28-26(33)34-17-22-20-13-9-7-11-18(20)19-12-8-10-14-21(19)22/h7-14,22-23H,4-6,15-17H2,1-3H3,(H,28,33)(H,29,30)(H,31,32). The van der Waals surface area contributed by atoms with Gasteiger partial charge in [-0.3, -0.25) is 4.79 Å². The molecule has 0 heterocycles. The van der Waals surface area contributed by atoms with Gasteiger partial charge in [-0.2, -0.15) is 0 Å². The smallest absolute Gasteiger partial charge is 0.407 e. The Morgan fingerprint density at radius 2 is 1.59 bits per heavy atom. The second kappa shape index (κ2) is 11.2. The zero-order chi connectivity index (χ0) is 24.7. The van der Waals surface area contributed by atoms with E-state index in [9.17, 15) is 19.5 Å². The second-order valence-corrected chi connectivity index (χ2v) is 9.04. The Hall–Kier alpha value is -3.35. The number of ether oxygens (including phenoxy) is 1. The Morgan fingerprint density at radius 3 is 2.12 bits per heavy atom. The van der Waals surface area contributed by atoms with Crippen molar-refractivity contribution < 1.29 is 24.2 Å². The van der Waals surface area contributed by atoms with Crippen LogP contribution in [0.25, 0.3) is 11.1 Å². The molecule has 0 spiro atoms. The summed E-state index contributed by atoms with van der Waals surface area (Å²) in [7, 11) is 0. The summed E-state index contributed by atoms with van der Waals surface area (Å²) in [6, 6.07) is 15.3. The van der Waals surface area contributed by atoms with Crippen LogP contribution in [0, 0.1) is 0 Å². The number of nitrogens with one attached hydrogen (secondary N) is 2. The molecule has 3 rings (SSSR count). The topological polar surface area (TPSA) is 105 Å². The van der Waals surface area contributed by atoms with Crippen molar-refractivity contribution in [2.45, 2.75) is 70.4 Å². The van der Waals surface area contributed by atoms with Crippen molar-refractivity contribution in [2.24, 2.45) is 0 Å². The Morgan fingerprint density at radius 1 is 1.00 bits per heavy atom. The van der Waals surface area contributed by atoms with Gasteiger partial charge in [0.05, 0.1) is 0 Å². The number of alkyl carbamates (subject to hydrolysis) is 1. The number of fused-ring (bicyclic) bond motifs is 3. The molecule has 1 aliphatic rings. The van der Waals surface area contributed by atoms with Gasteiger partial charge in [0.2, 0.25) is 5.91 Å². The predicted octanol–water partition coefficient (Wildman–Crippen LogP) is 4.84. The van der Waals surface area contributed by atoms with Gasteiger partial charge in [-0.25, -0.2) is 9.59 Å². The summed E-state index contributed by atoms with van der Waals surface area (Å²) in [6.45, 7) is 5.48. The second-order valence-electron chi connectivity index (χ2n) is 9.04. The lowest BCUT2D eigenvalue weighted by molar-refractivity contribution is -0.147. The van der Waals surface area contributed by atoms with Crippen molar-refractivity contribution in [2.75, 3.05) is 6.61 Å². The summed E-state index contributed by atoms with van der Waals surface area (Å²) in [6.07, 6.45) is 2.14. The maximum absolute atomic E-state index is 12.9. The van der Waals surface area contributed by atoms with Crippen molar-refractivity contribution in [3.63, 3.8) is 0 Å². The molecule has 0 saturated heterocycles. The minimum atomic E-state index is -1.39. The van der Waals surface area contributed by atoms with E-state index in [2.05, 4.69) is 22.8 Å². The third-order valence-electron chi connectivity index (χ3n) is 6.42. The normalized spacial score (nSPS) is 14.9. The van der Waals surface area contributed by atoms with Gasteiger partial charge in [0, 0.05) is 5.92 Å². The molecule has 2 aromatic carbocycles. The fourth-order valence-corrected chi connectivity index (χ4v) is 4.54. The van der Waals surface area contributed by atoms with Crippen LogP contribution in [0.15, 0.2) is 48.5 Å². The number of unbranched alkanes of at least 4 members (excludes halogenated alkanes) is 1. The number of rotatable bonds is 11. The minimum absolute atomic E-state index is 0.0825. The van der Waals surface area contributed by atoms with Crippen LogP contribution in [-0.4, -0.2) is 41.3 Å². The average Bonchev–Trinajstić information content (AvgIpc) is 3.14. The maximum Gasteiger partial charge on any atom is 0.407 e. The molecule has 34 heavy (non-hydrogen) atoms. The highest BCUT2D eigenvalue weighted by Crippen LogP contribution is 2.44. The molecule has 3 N–H and O–H groups in total. The highest BCUT2D eigenvalue weighted by molar-refractivity contribution is 5.91. The summed E-state index contributed by atoms with van der Waals surface area (Å²) in [5.41, 5.74) is 3.09. The van der Waals surface area contributed by atoms with E-state index >= 15 is 0 Å². The minimum Gasteiger partial charge on any atom is -0.480 e. The van der Waals surface area contributed by atoms with E-state index in [4.69, 9.17) is 4.74 Å². The molecule has 0 saturated carbocycles. The first-order valence-corrected chi connectivity index (χ1v) is 12.0. The quantitative estimate of drug-likeness (QED) is 0.439. The molecule has 7 heteroatoms. The Kier molecular flexibility index (Phi) is 8.31. The van der Waals surface area contributed by atoms with Crippen LogP contribution in [0.2, 0.25) is 0 Å². The average molecular weight is 467 g/mol. The zero-order valence-corrected chi connectivity index (χ0v) is 20.1. The Bertz CT molecular complexity index is 992. The number of amides is 2. The van der Waals surface area contributed by atoms with Crippen molar-refractivity contribution in [1.29, 1.82) is 0 Å². The number of aliphatic carboxylic acids is 1. The van der Waals surface area contributed by atoms with Crippen molar-refractivity contribution in [3.8, 4) is 11.1 Å². The van der Waals surface area contributed by atoms with Gasteiger partial charge in [-0.05, 0) is 42.0 Å². The third kappa shape index (κ3) is 5.58. The van der Waals surface area contributed by atoms with Gasteiger partial charge in [0.25, 0.3) is 0 Å². The first kappa shape index (κ1) is 25.3. The van der Waals surface area contributed by atoms with Crippen molar-refractivity contribution in [1.82, 2.24) is 10.6 Å². The number of benzene rings is 2. The molecular weight excluding hydrogens is 432 g/mol. The lowest BCUT2D eigenvalue weighted by atomic mass is 9.95. The number of carbonyl (C=O) groups excluding carboxylic acids is 2. The number of carbonyl (C=O) groups is 3. The van der Waals surface area contributed by atoms with Crippen LogP contribution < -0.4 is 10.6 Å². The summed E-state index contributed by atoms with van der Waals surface area (Å²) in [5, 5.41) is 14.9. The van der Waals surface area contributed by atoms with E-state index in [-0.39, 0.29) is 12.5 Å². The van der Waals surface area contributed by atoms with Crippen molar-refractivity contribution in [3.05, 3.63) is 59.7 Å². The van der Waals surface area contributed by atoms with E-state index < -0.39 is 29.6 Å². The molecule has 0 aromatic heterocycles. The lowest BCUT2D eigenvalue weighted by Crippen LogP contribution is -2.57. The molecule has 0 fully saturated rings. The highest BCUT2D eigenvalue weighted by atomic mass is 16.5. The van der Waals surface area contributed by atoms with Gasteiger partial charge in [-0.15, -0.1) is 0 Å². The van der Waals surface area contributed by atoms with E-state index in [1.54, 1.807) is 0 Å². The van der Waals surface area contributed by atoms with Gasteiger partial charge >= 0.3 is 12.1 Å². The fourth-order valence-electron chi connectivity index (χ4n) is 4.54. The van der Waals surface area contributed by atoms with Crippen LogP contribution in [0.4, 0.5) is 4.79 Å². The van der Waals surface area contributed by atoms with Crippen molar-refractivity contribution >= 4 is 18.0 Å². The molecular formula is C27H34N2O5. The van der Waals surface area contributed by atoms with Crippen LogP contribution >= 0.6 is 0 Å². The van der Waals surface area contributed by atoms with Crippen LogP contribution in [0.1, 0.15) is 69.9 Å². The van der Waals surface area contributed by atoms with Gasteiger partial charge in [0.15, 0.2) is 0 Å². The first-order chi connectivity index (χ1) is 16.3. The van der Waals surface area contributed by atoms with E-state index in [1.165, 1.54) is 6.92 Å². The SMILES string of the molecule is CCCCC(NC(=O)OCC1c2ccccc2-c2ccccc21)C(=O)NC(C)(CCC)C(=O)O. The Balaban J connectivity index is 1.67. The largest absolute Gasteiger partial charge is 0.480 e. The number of hydrogen-bond donors (Lipinski definition) is 3. The van der Waals surface area contributed by atoms with E-state index in [1.807, 2.05) is 50.2 Å². The highest BCUT2D eigenvalue weighted by Gasteiger charge is 2.36.